The summed E-state index contributed by atoms with van der Waals surface area (Å²) in [6.07, 6.45) is 4.34. The van der Waals surface area contributed by atoms with E-state index < -0.39 is 5.97 Å². The molecule has 0 radical (unpaired) electrons. The molecule has 0 spiro atoms. The van der Waals surface area contributed by atoms with Crippen LogP contribution in [0.15, 0.2) is 36.5 Å². The Balaban J connectivity index is 1.69. The fourth-order valence-electron chi connectivity index (χ4n) is 3.62. The highest BCUT2D eigenvalue weighted by molar-refractivity contribution is 5.95. The fourth-order valence-corrected chi connectivity index (χ4v) is 3.62. The Morgan fingerprint density at radius 1 is 1.22 bits per heavy atom. The van der Waals surface area contributed by atoms with E-state index in [1.807, 2.05) is 54.1 Å². The molecule has 1 aromatic heterocycles. The highest BCUT2D eigenvalue weighted by atomic mass is 16.4. The third kappa shape index (κ3) is 4.54. The third-order valence-electron chi connectivity index (χ3n) is 5.14. The van der Waals surface area contributed by atoms with Gasteiger partial charge in [0.2, 0.25) is 0 Å². The molecule has 1 aliphatic rings. The number of carboxylic acids is 1. The number of benzene rings is 1. The minimum Gasteiger partial charge on any atom is -0.480 e. The summed E-state index contributed by atoms with van der Waals surface area (Å²) in [4.78, 5) is 27.7. The molecule has 7 heteroatoms. The molecule has 1 saturated heterocycles. The summed E-state index contributed by atoms with van der Waals surface area (Å²) in [6, 6.07) is 9.92. The number of amides is 1. The largest absolute Gasteiger partial charge is 0.480 e. The van der Waals surface area contributed by atoms with Gasteiger partial charge in [-0.1, -0.05) is 18.2 Å². The predicted molar refractivity (Wildman–Crippen MR) is 102 cm³/mol. The van der Waals surface area contributed by atoms with Crippen LogP contribution in [0, 0.1) is 6.92 Å². The lowest BCUT2D eigenvalue weighted by molar-refractivity contribution is -0.138. The van der Waals surface area contributed by atoms with Gasteiger partial charge < -0.3 is 10.0 Å². The highest BCUT2D eigenvalue weighted by Crippen LogP contribution is 2.19. The summed E-state index contributed by atoms with van der Waals surface area (Å²) in [6.45, 7) is 3.20. The van der Waals surface area contributed by atoms with Crippen LogP contribution >= 0.6 is 0 Å². The average molecular weight is 370 g/mol. The molecule has 2 heterocycles. The number of hydrogen-bond donors (Lipinski definition) is 1. The van der Waals surface area contributed by atoms with E-state index in [9.17, 15) is 9.59 Å². The normalized spacial score (nSPS) is 17.7. The number of aromatic nitrogens is 2. The van der Waals surface area contributed by atoms with Crippen molar-refractivity contribution in [1.82, 2.24) is 19.6 Å². The molecule has 1 aromatic carbocycles. The molecule has 7 nitrogen and oxygen atoms in total. The van der Waals surface area contributed by atoms with Crippen molar-refractivity contribution in [3.8, 4) is 5.69 Å². The van der Waals surface area contributed by atoms with Crippen LogP contribution in [0.5, 0.6) is 0 Å². The molecule has 0 bridgehead atoms. The van der Waals surface area contributed by atoms with Gasteiger partial charge >= 0.3 is 5.97 Å². The Labute approximate surface area is 159 Å². The van der Waals surface area contributed by atoms with Crippen molar-refractivity contribution >= 4 is 11.9 Å². The van der Waals surface area contributed by atoms with Crippen molar-refractivity contribution < 1.29 is 14.7 Å². The number of likely N-dealkylation sites (tertiary alicyclic amines) is 1. The number of aliphatic carboxylic acids is 1. The van der Waals surface area contributed by atoms with Crippen molar-refractivity contribution in [2.45, 2.75) is 32.2 Å². The van der Waals surface area contributed by atoms with Gasteiger partial charge in [0.15, 0.2) is 0 Å². The number of aryl methyl sites for hydroxylation is 1. The summed E-state index contributed by atoms with van der Waals surface area (Å²) in [5.74, 6) is -0.824. The molecular weight excluding hydrogens is 344 g/mol. The second kappa shape index (κ2) is 8.35. The molecule has 1 N–H and O–H groups in total. The van der Waals surface area contributed by atoms with E-state index in [0.29, 0.717) is 24.3 Å². The molecule has 1 unspecified atom stereocenters. The predicted octanol–water partition coefficient (Wildman–Crippen LogP) is 2.19. The minimum absolute atomic E-state index is 0.00350. The summed E-state index contributed by atoms with van der Waals surface area (Å²) in [5, 5.41) is 13.5. The Morgan fingerprint density at radius 2 is 1.96 bits per heavy atom. The Morgan fingerprint density at radius 3 is 2.67 bits per heavy atom. The SMILES string of the molecule is Cc1nn(-c2ccccc2)cc1C(=O)N1CCCC(N(C)CC(=O)O)CC1. The molecule has 1 amide bonds. The molecule has 0 saturated carbocycles. The van der Waals surface area contributed by atoms with Crippen LogP contribution in [0.2, 0.25) is 0 Å². The monoisotopic (exact) mass is 370 g/mol. The molecular formula is C20H26N4O3. The van der Waals surface area contributed by atoms with Gasteiger partial charge in [0, 0.05) is 25.3 Å². The van der Waals surface area contributed by atoms with E-state index in [0.717, 1.165) is 24.9 Å². The van der Waals surface area contributed by atoms with Crippen molar-refractivity contribution in [3.05, 3.63) is 47.8 Å². The van der Waals surface area contributed by atoms with Crippen molar-refractivity contribution in [3.63, 3.8) is 0 Å². The molecule has 1 atom stereocenters. The van der Waals surface area contributed by atoms with Crippen LogP contribution in [0.4, 0.5) is 0 Å². The lowest BCUT2D eigenvalue weighted by Gasteiger charge is -2.25. The van der Waals surface area contributed by atoms with Crippen LogP contribution in [0.3, 0.4) is 0 Å². The van der Waals surface area contributed by atoms with E-state index >= 15 is 0 Å². The maximum absolute atomic E-state index is 13.0. The van der Waals surface area contributed by atoms with Crippen LogP contribution in [-0.2, 0) is 4.79 Å². The number of hydrogen-bond acceptors (Lipinski definition) is 4. The van der Waals surface area contributed by atoms with Gasteiger partial charge in [-0.15, -0.1) is 0 Å². The van der Waals surface area contributed by atoms with E-state index in [1.54, 1.807) is 10.9 Å². The number of rotatable bonds is 5. The Hall–Kier alpha value is -2.67. The molecule has 0 aliphatic carbocycles. The first-order valence-corrected chi connectivity index (χ1v) is 9.28. The summed E-state index contributed by atoms with van der Waals surface area (Å²) >= 11 is 0. The van der Waals surface area contributed by atoms with Gasteiger partial charge in [0.25, 0.3) is 5.91 Å². The minimum atomic E-state index is -0.821. The molecule has 1 aliphatic heterocycles. The second-order valence-corrected chi connectivity index (χ2v) is 7.09. The van der Waals surface area contributed by atoms with Gasteiger partial charge in [-0.05, 0) is 45.4 Å². The third-order valence-corrected chi connectivity index (χ3v) is 5.14. The van der Waals surface area contributed by atoms with E-state index in [4.69, 9.17) is 5.11 Å². The van der Waals surface area contributed by atoms with Gasteiger partial charge in [-0.2, -0.15) is 5.10 Å². The zero-order valence-electron chi connectivity index (χ0n) is 15.8. The van der Waals surface area contributed by atoms with Crippen molar-refractivity contribution in [2.75, 3.05) is 26.7 Å². The summed E-state index contributed by atoms with van der Waals surface area (Å²) < 4.78 is 1.74. The average Bonchev–Trinajstić information content (AvgIpc) is 2.87. The number of nitrogens with zero attached hydrogens (tertiary/aromatic N) is 4. The Bertz CT molecular complexity index is 803. The van der Waals surface area contributed by atoms with E-state index in [1.165, 1.54) is 0 Å². The van der Waals surface area contributed by atoms with Gasteiger partial charge in [-0.3, -0.25) is 14.5 Å². The second-order valence-electron chi connectivity index (χ2n) is 7.09. The first kappa shape index (κ1) is 19.1. The molecule has 1 fully saturated rings. The first-order chi connectivity index (χ1) is 13.0. The summed E-state index contributed by atoms with van der Waals surface area (Å²) in [7, 11) is 1.84. The summed E-state index contributed by atoms with van der Waals surface area (Å²) in [5.41, 5.74) is 2.26. The number of carbonyl (C=O) groups is 2. The van der Waals surface area contributed by atoms with Crippen LogP contribution < -0.4 is 0 Å². The molecule has 27 heavy (non-hydrogen) atoms. The number of carboxylic acid groups (broad SMARTS) is 1. The first-order valence-electron chi connectivity index (χ1n) is 9.28. The van der Waals surface area contributed by atoms with Gasteiger partial charge in [0.05, 0.1) is 23.5 Å². The van der Waals surface area contributed by atoms with Crippen molar-refractivity contribution in [2.24, 2.45) is 0 Å². The smallest absolute Gasteiger partial charge is 0.317 e. The number of likely N-dealkylation sites (N-methyl/N-ethyl adjacent to an activating group) is 1. The molecule has 3 rings (SSSR count). The zero-order valence-corrected chi connectivity index (χ0v) is 15.8. The maximum Gasteiger partial charge on any atom is 0.317 e. The van der Waals surface area contributed by atoms with Crippen LogP contribution in [0.1, 0.15) is 35.3 Å². The quantitative estimate of drug-likeness (QED) is 0.873. The van der Waals surface area contributed by atoms with E-state index in [-0.39, 0.29) is 18.5 Å². The van der Waals surface area contributed by atoms with Crippen LogP contribution in [-0.4, -0.2) is 69.3 Å². The molecule has 144 valence electrons. The topological polar surface area (TPSA) is 78.7 Å². The lowest BCUT2D eigenvalue weighted by atomic mass is 10.1. The van der Waals surface area contributed by atoms with Gasteiger partial charge in [-0.25, -0.2) is 4.68 Å². The van der Waals surface area contributed by atoms with E-state index in [2.05, 4.69) is 5.10 Å². The van der Waals surface area contributed by atoms with Gasteiger partial charge in [0.1, 0.15) is 0 Å². The van der Waals surface area contributed by atoms with Crippen LogP contribution in [0.25, 0.3) is 5.69 Å². The zero-order chi connectivity index (χ0) is 19.4. The highest BCUT2D eigenvalue weighted by Gasteiger charge is 2.26. The maximum atomic E-state index is 13.0. The molecule has 2 aromatic rings. The lowest BCUT2D eigenvalue weighted by Crippen LogP contribution is -2.37. The Kier molecular flexibility index (Phi) is 5.91. The standard InChI is InChI=1S/C20H26N4O3/c1-15-18(13-24(21-15)17-7-4-3-5-8-17)20(27)23-11-6-9-16(10-12-23)22(2)14-19(25)26/h3-5,7-8,13,16H,6,9-12,14H2,1-2H3,(H,25,26). The number of para-hydroxylation sites is 1. The van der Waals surface area contributed by atoms with Crippen molar-refractivity contribution in [1.29, 1.82) is 0 Å². The fraction of sp³-hybridized carbons (Fsp3) is 0.450. The number of carbonyl (C=O) groups excluding carboxylic acids is 1.